The summed E-state index contributed by atoms with van der Waals surface area (Å²) in [6, 6.07) is 21.9. The summed E-state index contributed by atoms with van der Waals surface area (Å²) < 4.78 is 20.4. The maximum atomic E-state index is 13.5. The van der Waals surface area contributed by atoms with Gasteiger partial charge in [-0.1, -0.05) is 57.9 Å². The molecule has 0 heterocycles. The third kappa shape index (κ3) is 5.06. The molecule has 0 spiro atoms. The smallest absolute Gasteiger partial charge is 0.127 e. The fourth-order valence-electron chi connectivity index (χ4n) is 2.72. The van der Waals surface area contributed by atoms with Crippen LogP contribution >= 0.6 is 15.9 Å². The molecule has 3 aromatic rings. The van der Waals surface area contributed by atoms with Crippen LogP contribution < -0.4 is 4.74 Å². The molecule has 0 aliphatic rings. The number of halogens is 2. The van der Waals surface area contributed by atoms with E-state index in [1.54, 1.807) is 18.2 Å². The summed E-state index contributed by atoms with van der Waals surface area (Å²) in [5, 5.41) is 9.54. The molecule has 27 heavy (non-hydrogen) atoms. The summed E-state index contributed by atoms with van der Waals surface area (Å²) in [5.74, 6) is 0.280. The van der Waals surface area contributed by atoms with Crippen LogP contribution in [0.1, 0.15) is 22.3 Å². The number of aryl methyl sites for hydroxylation is 1. The maximum absolute atomic E-state index is 13.5. The molecular formula is C23H17BrFNO. The van der Waals surface area contributed by atoms with Crippen molar-refractivity contribution in [3.63, 3.8) is 0 Å². The second kappa shape index (κ2) is 8.66. The van der Waals surface area contributed by atoms with E-state index in [4.69, 9.17) is 4.74 Å². The van der Waals surface area contributed by atoms with Crippen molar-refractivity contribution >= 4 is 27.6 Å². The summed E-state index contributed by atoms with van der Waals surface area (Å²) in [7, 11) is 0. The lowest BCUT2D eigenvalue weighted by Gasteiger charge is -2.11. The molecule has 0 unspecified atom stereocenters. The van der Waals surface area contributed by atoms with E-state index in [9.17, 15) is 9.65 Å². The topological polar surface area (TPSA) is 33.0 Å². The van der Waals surface area contributed by atoms with Crippen LogP contribution in [-0.4, -0.2) is 0 Å². The fraction of sp³-hybridized carbons (Fsp3) is 0.0870. The molecule has 0 N–H and O–H groups in total. The highest BCUT2D eigenvalue weighted by Crippen LogP contribution is 2.28. The Bertz CT molecular complexity index is 1040. The number of nitriles is 1. The largest absolute Gasteiger partial charge is 0.488 e. The number of ether oxygens (including phenoxy) is 1. The molecule has 4 heteroatoms. The third-order valence-corrected chi connectivity index (χ3v) is 4.50. The van der Waals surface area contributed by atoms with Gasteiger partial charge in [0.15, 0.2) is 0 Å². The van der Waals surface area contributed by atoms with Crippen LogP contribution in [0.25, 0.3) is 11.6 Å². The molecule has 3 rings (SSSR count). The van der Waals surface area contributed by atoms with E-state index in [1.165, 1.54) is 17.7 Å². The Labute approximate surface area is 166 Å². The minimum absolute atomic E-state index is 0.369. The van der Waals surface area contributed by atoms with Crippen LogP contribution in [0.4, 0.5) is 4.39 Å². The van der Waals surface area contributed by atoms with Crippen molar-refractivity contribution in [2.24, 2.45) is 0 Å². The van der Waals surface area contributed by atoms with Crippen LogP contribution in [0.3, 0.4) is 0 Å². The molecule has 2 nitrogen and oxygen atoms in total. The Morgan fingerprint density at radius 3 is 2.67 bits per heavy atom. The van der Waals surface area contributed by atoms with Gasteiger partial charge in [-0.15, -0.1) is 0 Å². The molecule has 0 saturated heterocycles. The van der Waals surface area contributed by atoms with Crippen LogP contribution in [0.15, 0.2) is 71.2 Å². The first kappa shape index (κ1) is 18.9. The van der Waals surface area contributed by atoms with Gasteiger partial charge in [-0.3, -0.25) is 0 Å². The molecule has 0 bridgehead atoms. The first-order valence-corrected chi connectivity index (χ1v) is 9.20. The predicted molar refractivity (Wildman–Crippen MR) is 110 cm³/mol. The standard InChI is InChI=1S/C23H17BrFNO/c1-16-4-2-5-17(10-16)15-27-23-9-8-21(24)12-19(23)11-20(14-26)18-6-3-7-22(25)13-18/h2-13H,15H2,1H3/b20-11-. The highest BCUT2D eigenvalue weighted by molar-refractivity contribution is 9.10. The molecule has 0 aromatic heterocycles. The van der Waals surface area contributed by atoms with Crippen LogP contribution in [-0.2, 0) is 6.61 Å². The van der Waals surface area contributed by atoms with Crippen molar-refractivity contribution in [3.05, 3.63) is 99.3 Å². The average Bonchev–Trinajstić information content (AvgIpc) is 2.65. The Hall–Kier alpha value is -2.90. The molecule has 0 radical (unpaired) electrons. The number of hydrogen-bond donors (Lipinski definition) is 0. The van der Waals surface area contributed by atoms with Gasteiger partial charge in [-0.25, -0.2) is 4.39 Å². The second-order valence-corrected chi connectivity index (χ2v) is 7.06. The van der Waals surface area contributed by atoms with E-state index in [2.05, 4.69) is 28.1 Å². The second-order valence-electron chi connectivity index (χ2n) is 6.14. The van der Waals surface area contributed by atoms with Crippen LogP contribution in [0, 0.1) is 24.1 Å². The number of rotatable bonds is 5. The van der Waals surface area contributed by atoms with E-state index in [0.717, 1.165) is 15.6 Å². The monoisotopic (exact) mass is 421 g/mol. The molecule has 0 fully saturated rings. The van der Waals surface area contributed by atoms with Gasteiger partial charge in [0.2, 0.25) is 0 Å². The van der Waals surface area contributed by atoms with E-state index in [-0.39, 0.29) is 5.82 Å². The molecule has 0 aliphatic carbocycles. The molecule has 0 saturated carbocycles. The van der Waals surface area contributed by atoms with Gasteiger partial charge in [0.1, 0.15) is 18.2 Å². The summed E-state index contributed by atoms with van der Waals surface area (Å²) in [6.07, 6.45) is 1.71. The maximum Gasteiger partial charge on any atom is 0.127 e. The molecule has 0 atom stereocenters. The lowest BCUT2D eigenvalue weighted by atomic mass is 10.0. The quantitative estimate of drug-likeness (QED) is 0.346. The SMILES string of the molecule is Cc1cccc(COc2ccc(Br)cc2/C=C(/C#N)c2cccc(F)c2)c1. The van der Waals surface area contributed by atoms with Gasteiger partial charge in [0.05, 0.1) is 11.6 Å². The van der Waals surface area contributed by atoms with Crippen LogP contribution in [0.5, 0.6) is 5.75 Å². The molecule has 3 aromatic carbocycles. The molecule has 0 aliphatic heterocycles. The van der Waals surface area contributed by atoms with Crippen molar-refractivity contribution in [1.29, 1.82) is 5.26 Å². The van der Waals surface area contributed by atoms with Gasteiger partial charge < -0.3 is 4.74 Å². The summed E-state index contributed by atoms with van der Waals surface area (Å²) in [5.41, 5.74) is 3.89. The van der Waals surface area contributed by atoms with Crippen molar-refractivity contribution in [3.8, 4) is 11.8 Å². The normalized spacial score (nSPS) is 11.1. The van der Waals surface area contributed by atoms with Crippen LogP contribution in [0.2, 0.25) is 0 Å². The van der Waals surface area contributed by atoms with E-state index < -0.39 is 0 Å². The number of hydrogen-bond acceptors (Lipinski definition) is 2. The number of nitrogens with zero attached hydrogens (tertiary/aromatic N) is 1. The van der Waals surface area contributed by atoms with Gasteiger partial charge in [0.25, 0.3) is 0 Å². The zero-order valence-electron chi connectivity index (χ0n) is 14.7. The Kier molecular flexibility index (Phi) is 6.05. The summed E-state index contributed by atoms with van der Waals surface area (Å²) in [4.78, 5) is 0. The molecule has 134 valence electrons. The third-order valence-electron chi connectivity index (χ3n) is 4.00. The zero-order chi connectivity index (χ0) is 19.2. The van der Waals surface area contributed by atoms with Crippen molar-refractivity contribution in [2.75, 3.05) is 0 Å². The Morgan fingerprint density at radius 2 is 1.93 bits per heavy atom. The van der Waals surface area contributed by atoms with Gasteiger partial charge in [-0.05, 0) is 54.5 Å². The average molecular weight is 422 g/mol. The lowest BCUT2D eigenvalue weighted by molar-refractivity contribution is 0.305. The predicted octanol–water partition coefficient (Wildman–Crippen LogP) is 6.54. The van der Waals surface area contributed by atoms with Crippen molar-refractivity contribution < 1.29 is 9.13 Å². The van der Waals surface area contributed by atoms with E-state index in [1.807, 2.05) is 43.3 Å². The lowest BCUT2D eigenvalue weighted by Crippen LogP contribution is -1.97. The minimum Gasteiger partial charge on any atom is -0.488 e. The zero-order valence-corrected chi connectivity index (χ0v) is 16.3. The van der Waals surface area contributed by atoms with Gasteiger partial charge in [0, 0.05) is 10.0 Å². The first-order valence-electron chi connectivity index (χ1n) is 8.41. The highest BCUT2D eigenvalue weighted by Gasteiger charge is 2.08. The number of benzene rings is 3. The Balaban J connectivity index is 1.92. The summed E-state index contributed by atoms with van der Waals surface area (Å²) in [6.45, 7) is 2.46. The fourth-order valence-corrected chi connectivity index (χ4v) is 3.10. The number of allylic oxidation sites excluding steroid dienone is 1. The summed E-state index contributed by atoms with van der Waals surface area (Å²) >= 11 is 3.45. The van der Waals surface area contributed by atoms with E-state index >= 15 is 0 Å². The van der Waals surface area contributed by atoms with Crippen molar-refractivity contribution in [1.82, 2.24) is 0 Å². The highest BCUT2D eigenvalue weighted by atomic mass is 79.9. The Morgan fingerprint density at radius 1 is 1.11 bits per heavy atom. The minimum atomic E-state index is -0.376. The first-order chi connectivity index (χ1) is 13.0. The van der Waals surface area contributed by atoms with Gasteiger partial charge in [-0.2, -0.15) is 5.26 Å². The molecular weight excluding hydrogens is 405 g/mol. The van der Waals surface area contributed by atoms with E-state index in [0.29, 0.717) is 23.5 Å². The van der Waals surface area contributed by atoms with Crippen molar-refractivity contribution in [2.45, 2.75) is 13.5 Å². The molecule has 0 amide bonds. The van der Waals surface area contributed by atoms with Gasteiger partial charge >= 0.3 is 0 Å².